The molecule has 1 aromatic carbocycles. The van der Waals surface area contributed by atoms with Crippen molar-refractivity contribution in [1.82, 2.24) is 14.1 Å². The summed E-state index contributed by atoms with van der Waals surface area (Å²) in [7, 11) is -1.68. The first-order valence-corrected chi connectivity index (χ1v) is 9.40. The Bertz CT molecular complexity index is 776. The fraction of sp³-hybridized carbons (Fsp3) is 0.438. The van der Waals surface area contributed by atoms with Crippen molar-refractivity contribution < 1.29 is 18.3 Å². The van der Waals surface area contributed by atoms with Gasteiger partial charge in [-0.15, -0.1) is 0 Å². The van der Waals surface area contributed by atoms with E-state index in [-0.39, 0.29) is 18.8 Å². The van der Waals surface area contributed by atoms with E-state index in [2.05, 4.69) is 5.10 Å². The van der Waals surface area contributed by atoms with Crippen molar-refractivity contribution in [2.24, 2.45) is 7.05 Å². The molecule has 0 bridgehead atoms. The van der Waals surface area contributed by atoms with Crippen molar-refractivity contribution in [2.45, 2.75) is 18.6 Å². The molecule has 2 atom stereocenters. The highest BCUT2D eigenvalue weighted by molar-refractivity contribution is 7.89. The molecule has 1 saturated heterocycles. The Labute approximate surface area is 141 Å². The molecule has 130 valence electrons. The molecule has 0 amide bonds. The van der Waals surface area contributed by atoms with Crippen LogP contribution < -0.4 is 4.74 Å². The van der Waals surface area contributed by atoms with E-state index in [0.717, 1.165) is 5.56 Å². The first kappa shape index (κ1) is 16.9. The van der Waals surface area contributed by atoms with Crippen LogP contribution in [-0.2, 0) is 23.5 Å². The number of β-amino-alcohol motifs (C(OH)–C–C–N with tert-alkyl or cyclic N) is 1. The van der Waals surface area contributed by atoms with E-state index < -0.39 is 22.2 Å². The molecule has 1 fully saturated rings. The minimum absolute atomic E-state index is 0.0172. The van der Waals surface area contributed by atoms with Gasteiger partial charge >= 0.3 is 0 Å². The normalized spacial score (nSPS) is 21.9. The lowest BCUT2D eigenvalue weighted by Crippen LogP contribution is -2.33. The van der Waals surface area contributed by atoms with Crippen molar-refractivity contribution in [1.29, 1.82) is 0 Å². The summed E-state index contributed by atoms with van der Waals surface area (Å²) in [5.41, 5.74) is 0.976. The summed E-state index contributed by atoms with van der Waals surface area (Å²) in [5.74, 6) is 0.536. The molecule has 24 heavy (non-hydrogen) atoms. The second kappa shape index (κ2) is 6.92. The molecular formula is C16H21N3O4S. The Morgan fingerprint density at radius 2 is 2.04 bits per heavy atom. The quantitative estimate of drug-likeness (QED) is 0.815. The molecule has 1 aromatic heterocycles. The van der Waals surface area contributed by atoms with E-state index in [4.69, 9.17) is 4.74 Å². The van der Waals surface area contributed by atoms with Crippen LogP contribution in [-0.4, -0.2) is 58.7 Å². The highest BCUT2D eigenvalue weighted by Gasteiger charge is 2.39. The number of aliphatic hydroxyl groups excluding tert-OH is 1. The third kappa shape index (κ3) is 3.95. The van der Waals surface area contributed by atoms with Crippen molar-refractivity contribution in [3.05, 3.63) is 48.3 Å². The highest BCUT2D eigenvalue weighted by Crippen LogP contribution is 2.21. The average Bonchev–Trinajstić information content (AvgIpc) is 3.14. The molecule has 0 unspecified atom stereocenters. The van der Waals surface area contributed by atoms with E-state index in [0.29, 0.717) is 12.2 Å². The number of ether oxygens (including phenoxy) is 1. The zero-order valence-electron chi connectivity index (χ0n) is 13.4. The summed E-state index contributed by atoms with van der Waals surface area (Å²) in [6, 6.07) is 9.49. The molecule has 1 aliphatic rings. The molecular weight excluding hydrogens is 330 g/mol. The number of benzene rings is 1. The van der Waals surface area contributed by atoms with Crippen molar-refractivity contribution in [2.75, 3.05) is 18.8 Å². The smallest absolute Gasteiger partial charge is 0.214 e. The van der Waals surface area contributed by atoms with Gasteiger partial charge in [-0.2, -0.15) is 9.40 Å². The largest absolute Gasteiger partial charge is 0.483 e. The van der Waals surface area contributed by atoms with Gasteiger partial charge in [0.1, 0.15) is 12.2 Å². The molecule has 0 spiro atoms. The number of hydrogen-bond acceptors (Lipinski definition) is 5. The number of hydrogen-bond donors (Lipinski definition) is 1. The third-order valence-corrected chi connectivity index (χ3v) is 5.86. The van der Waals surface area contributed by atoms with Crippen LogP contribution in [0, 0.1) is 0 Å². The number of nitrogens with zero attached hydrogens (tertiary/aromatic N) is 3. The van der Waals surface area contributed by atoms with E-state index in [1.165, 1.54) is 4.31 Å². The van der Waals surface area contributed by atoms with Crippen LogP contribution in [0.25, 0.3) is 0 Å². The maximum Gasteiger partial charge on any atom is 0.214 e. The van der Waals surface area contributed by atoms with Crippen LogP contribution >= 0.6 is 0 Å². The summed E-state index contributed by atoms with van der Waals surface area (Å²) in [4.78, 5) is 0. The number of sulfonamides is 1. The Morgan fingerprint density at radius 3 is 2.71 bits per heavy atom. The van der Waals surface area contributed by atoms with Gasteiger partial charge in [-0.25, -0.2) is 8.42 Å². The topological polar surface area (TPSA) is 84.7 Å². The van der Waals surface area contributed by atoms with E-state index >= 15 is 0 Å². The van der Waals surface area contributed by atoms with Gasteiger partial charge in [0.25, 0.3) is 0 Å². The fourth-order valence-electron chi connectivity index (χ4n) is 2.72. The Balaban J connectivity index is 1.60. The third-order valence-electron chi connectivity index (χ3n) is 4.06. The first-order chi connectivity index (χ1) is 11.4. The highest BCUT2D eigenvalue weighted by atomic mass is 32.2. The maximum atomic E-state index is 12.5. The van der Waals surface area contributed by atoms with Crippen LogP contribution in [0.1, 0.15) is 5.56 Å². The van der Waals surface area contributed by atoms with Gasteiger partial charge in [-0.05, 0) is 12.0 Å². The first-order valence-electron chi connectivity index (χ1n) is 7.79. The van der Waals surface area contributed by atoms with Gasteiger partial charge in [-0.1, -0.05) is 30.3 Å². The van der Waals surface area contributed by atoms with Gasteiger partial charge in [0.2, 0.25) is 10.0 Å². The minimum Gasteiger partial charge on any atom is -0.483 e. The molecule has 1 aliphatic heterocycles. The number of aryl methyl sites for hydroxylation is 2. The lowest BCUT2D eigenvalue weighted by atomic mass is 10.2. The lowest BCUT2D eigenvalue weighted by molar-refractivity contribution is 0.0737. The monoisotopic (exact) mass is 351 g/mol. The van der Waals surface area contributed by atoms with E-state index in [1.807, 2.05) is 30.3 Å². The van der Waals surface area contributed by atoms with Crippen molar-refractivity contribution in [3.8, 4) is 5.75 Å². The summed E-state index contributed by atoms with van der Waals surface area (Å²) in [5, 5.41) is 14.1. The molecule has 3 rings (SSSR count). The molecule has 1 N–H and O–H groups in total. The lowest BCUT2D eigenvalue weighted by Gasteiger charge is -2.16. The molecule has 2 aromatic rings. The Hall–Kier alpha value is -1.90. The molecule has 7 nitrogen and oxygen atoms in total. The second-order valence-electron chi connectivity index (χ2n) is 5.94. The zero-order valence-corrected chi connectivity index (χ0v) is 14.3. The van der Waals surface area contributed by atoms with E-state index in [9.17, 15) is 13.5 Å². The standard InChI is InChI=1S/C16H21N3O4S/c1-18-10-14(9-17-18)23-16-12-19(11-15(16)20)24(21,22)8-7-13-5-3-2-4-6-13/h2-6,9-10,15-16,20H,7-8,11-12H2,1H3/t15-,16-/m1/s1. The Morgan fingerprint density at radius 1 is 1.29 bits per heavy atom. The van der Waals surface area contributed by atoms with Gasteiger partial charge in [0.15, 0.2) is 5.75 Å². The van der Waals surface area contributed by atoms with Gasteiger partial charge in [0, 0.05) is 13.6 Å². The zero-order chi connectivity index (χ0) is 17.2. The number of aliphatic hydroxyl groups is 1. The predicted molar refractivity (Wildman–Crippen MR) is 89.1 cm³/mol. The van der Waals surface area contributed by atoms with Crippen LogP contribution in [0.4, 0.5) is 0 Å². The SMILES string of the molecule is Cn1cc(O[C@@H]2CN(S(=O)(=O)CCc3ccccc3)C[C@H]2O)cn1. The summed E-state index contributed by atoms with van der Waals surface area (Å²) < 4.78 is 33.5. The van der Waals surface area contributed by atoms with E-state index in [1.54, 1.807) is 24.1 Å². The average molecular weight is 351 g/mol. The molecule has 2 heterocycles. The number of rotatable bonds is 6. The second-order valence-corrected chi connectivity index (χ2v) is 8.03. The molecule has 8 heteroatoms. The number of aromatic nitrogens is 2. The predicted octanol–water partition coefficient (Wildman–Crippen LogP) is 0.416. The summed E-state index contributed by atoms with van der Waals surface area (Å²) >= 11 is 0. The van der Waals surface area contributed by atoms with Crippen molar-refractivity contribution in [3.63, 3.8) is 0 Å². The van der Waals surface area contributed by atoms with Crippen LogP contribution in [0.5, 0.6) is 5.75 Å². The van der Waals surface area contributed by atoms with Crippen LogP contribution in [0.2, 0.25) is 0 Å². The maximum absolute atomic E-state index is 12.5. The van der Waals surface area contributed by atoms with Crippen molar-refractivity contribution >= 4 is 10.0 Å². The minimum atomic E-state index is -3.44. The summed E-state index contributed by atoms with van der Waals surface area (Å²) in [6.07, 6.45) is 2.24. The molecule has 0 saturated carbocycles. The summed E-state index contributed by atoms with van der Waals surface area (Å²) in [6.45, 7) is 0.204. The molecule has 0 aliphatic carbocycles. The van der Waals surface area contributed by atoms with Gasteiger partial charge < -0.3 is 9.84 Å². The Kier molecular flexibility index (Phi) is 4.88. The molecule has 0 radical (unpaired) electrons. The van der Waals surface area contributed by atoms with Crippen LogP contribution in [0.15, 0.2) is 42.7 Å². The van der Waals surface area contributed by atoms with Crippen LogP contribution in [0.3, 0.4) is 0 Å². The van der Waals surface area contributed by atoms with Gasteiger partial charge in [-0.3, -0.25) is 4.68 Å². The fourth-order valence-corrected chi connectivity index (χ4v) is 4.23. The van der Waals surface area contributed by atoms with Gasteiger partial charge in [0.05, 0.1) is 24.7 Å².